The van der Waals surface area contributed by atoms with Gasteiger partial charge in [0.2, 0.25) is 0 Å². The number of ether oxygens (including phenoxy) is 1. The van der Waals surface area contributed by atoms with Gasteiger partial charge in [-0.2, -0.15) is 92.2 Å². The summed E-state index contributed by atoms with van der Waals surface area (Å²) in [4.78, 5) is 10.8. The third-order valence-electron chi connectivity index (χ3n) is 4.60. The minimum atomic E-state index is -9.22. The summed E-state index contributed by atoms with van der Waals surface area (Å²) < 4.78 is 282. The van der Waals surface area contributed by atoms with Gasteiger partial charge in [0.1, 0.15) is 6.10 Å². The molecule has 0 saturated heterocycles. The van der Waals surface area contributed by atoms with Crippen LogP contribution in [0.5, 0.6) is 0 Å². The van der Waals surface area contributed by atoms with Crippen LogP contribution in [0.2, 0.25) is 0 Å². The average Bonchev–Trinajstić information content (AvgIpc) is 2.70. The Hall–Kier alpha value is -2.26. The fraction of sp³-hybridized carbons (Fsp3) is 0.812. The van der Waals surface area contributed by atoms with Crippen molar-refractivity contribution in [2.24, 2.45) is 0 Å². The van der Waals surface area contributed by atoms with Crippen LogP contribution < -0.4 is 0 Å². The molecule has 0 aliphatic rings. The molecule has 0 bridgehead atoms. The fourth-order valence-corrected chi connectivity index (χ4v) is 2.37. The topological polar surface area (TPSA) is 26.3 Å². The van der Waals surface area contributed by atoms with Gasteiger partial charge >= 0.3 is 65.4 Å². The van der Waals surface area contributed by atoms with Crippen LogP contribution in [0.25, 0.3) is 0 Å². The van der Waals surface area contributed by atoms with Crippen LogP contribution in [0.15, 0.2) is 12.7 Å². The zero-order chi connectivity index (χ0) is 32.3. The van der Waals surface area contributed by atoms with Gasteiger partial charge in [-0.3, -0.25) is 0 Å². The summed E-state index contributed by atoms with van der Waals surface area (Å²) in [6.45, 7) is 2.79. The Balaban J connectivity index is 6.91. The van der Waals surface area contributed by atoms with Crippen molar-refractivity contribution in [2.45, 2.75) is 78.9 Å². The number of hydrogen-bond acceptors (Lipinski definition) is 2. The largest absolute Gasteiger partial charge is 0.460 e. The highest BCUT2D eigenvalue weighted by Crippen LogP contribution is 2.66. The van der Waals surface area contributed by atoms with E-state index in [2.05, 4.69) is 11.3 Å². The maximum atomic E-state index is 13.7. The summed E-state index contributed by atoms with van der Waals surface area (Å²) in [5, 5.41) is 0. The molecule has 23 heteroatoms. The van der Waals surface area contributed by atoms with Crippen LogP contribution in [0.3, 0.4) is 0 Å². The first-order valence-electron chi connectivity index (χ1n) is 8.90. The van der Waals surface area contributed by atoms with Crippen molar-refractivity contribution in [1.29, 1.82) is 0 Å². The van der Waals surface area contributed by atoms with E-state index in [9.17, 15) is 97.0 Å². The SMILES string of the molecule is C=CC(=O)OC(C)CC(F)(F)C(F)(F)C(F)(F)C(F)(F)C(F)(F)C(F)(F)C(F)(F)C(F)(F)C(F)(F)C(F)(F)F. The number of esters is 1. The second-order valence-corrected chi connectivity index (χ2v) is 7.45. The first kappa shape index (κ1) is 36.7. The van der Waals surface area contributed by atoms with Gasteiger partial charge in [0, 0.05) is 6.08 Å². The molecule has 0 saturated carbocycles. The van der Waals surface area contributed by atoms with Gasteiger partial charge in [-0.25, -0.2) is 4.79 Å². The van der Waals surface area contributed by atoms with E-state index in [0.29, 0.717) is 0 Å². The lowest BCUT2D eigenvalue weighted by atomic mass is 9.85. The number of hydrogen-bond donors (Lipinski definition) is 0. The molecule has 0 radical (unpaired) electrons. The Morgan fingerprint density at radius 2 is 0.821 bits per heavy atom. The van der Waals surface area contributed by atoms with E-state index in [0.717, 1.165) is 0 Å². The lowest BCUT2D eigenvalue weighted by molar-refractivity contribution is -0.474. The summed E-state index contributed by atoms with van der Waals surface area (Å²) in [7, 11) is 0. The molecule has 0 rings (SSSR count). The molecule has 0 N–H and O–H groups in total. The molecule has 0 aliphatic heterocycles. The average molecular weight is 632 g/mol. The molecule has 0 aromatic heterocycles. The van der Waals surface area contributed by atoms with Crippen LogP contribution >= 0.6 is 0 Å². The molecule has 0 aromatic rings. The van der Waals surface area contributed by atoms with Crippen molar-refractivity contribution in [3.63, 3.8) is 0 Å². The van der Waals surface area contributed by atoms with Crippen LogP contribution in [-0.2, 0) is 9.53 Å². The molecule has 0 heterocycles. The van der Waals surface area contributed by atoms with E-state index in [4.69, 9.17) is 0 Å². The van der Waals surface area contributed by atoms with E-state index in [1.165, 1.54) is 0 Å². The number of rotatable bonds is 12. The van der Waals surface area contributed by atoms with Gasteiger partial charge in [-0.15, -0.1) is 0 Å². The highest BCUT2D eigenvalue weighted by molar-refractivity contribution is 5.81. The van der Waals surface area contributed by atoms with E-state index >= 15 is 0 Å². The van der Waals surface area contributed by atoms with E-state index in [1.807, 2.05) is 0 Å². The molecule has 1 unspecified atom stereocenters. The molecular weight excluding hydrogens is 623 g/mol. The van der Waals surface area contributed by atoms with E-state index < -0.39 is 78.0 Å². The highest BCUT2D eigenvalue weighted by atomic mass is 19.4. The molecule has 0 spiro atoms. The molecule has 39 heavy (non-hydrogen) atoms. The number of halogens is 21. The zero-order valence-corrected chi connectivity index (χ0v) is 17.8. The monoisotopic (exact) mass is 632 g/mol. The molecule has 232 valence electrons. The quantitative estimate of drug-likeness (QED) is 0.125. The van der Waals surface area contributed by atoms with Crippen molar-refractivity contribution in [3.05, 3.63) is 12.7 Å². The Morgan fingerprint density at radius 3 is 1.08 bits per heavy atom. The smallest absolute Gasteiger partial charge is 0.459 e. The first-order valence-corrected chi connectivity index (χ1v) is 8.90. The summed E-state index contributed by atoms with van der Waals surface area (Å²) in [5.74, 6) is -79.3. The van der Waals surface area contributed by atoms with Crippen molar-refractivity contribution in [3.8, 4) is 0 Å². The lowest BCUT2D eigenvalue weighted by Crippen LogP contribution is -2.76. The maximum absolute atomic E-state index is 13.7. The minimum absolute atomic E-state index is 0.121. The summed E-state index contributed by atoms with van der Waals surface area (Å²) >= 11 is 0. The first-order chi connectivity index (χ1) is 16.6. The highest BCUT2D eigenvalue weighted by Gasteiger charge is 2.97. The van der Waals surface area contributed by atoms with Gasteiger partial charge in [-0.05, 0) is 6.92 Å². The van der Waals surface area contributed by atoms with E-state index in [1.54, 1.807) is 0 Å². The minimum Gasteiger partial charge on any atom is -0.459 e. The number of carbonyl (C=O) groups is 1. The number of carbonyl (C=O) groups excluding carboxylic acids is 1. The Morgan fingerprint density at radius 1 is 0.564 bits per heavy atom. The van der Waals surface area contributed by atoms with Gasteiger partial charge in [0.05, 0.1) is 6.42 Å². The Bertz CT molecular complexity index is 915. The molecule has 0 aliphatic carbocycles. The third-order valence-corrected chi connectivity index (χ3v) is 4.60. The fourth-order valence-electron chi connectivity index (χ4n) is 2.37. The van der Waals surface area contributed by atoms with Gasteiger partial charge in [-0.1, -0.05) is 6.58 Å². The zero-order valence-electron chi connectivity index (χ0n) is 17.8. The van der Waals surface area contributed by atoms with E-state index in [-0.39, 0.29) is 13.0 Å². The summed E-state index contributed by atoms with van der Waals surface area (Å²) in [6, 6.07) is 0. The second-order valence-electron chi connectivity index (χ2n) is 7.45. The molecule has 0 aromatic carbocycles. The summed E-state index contributed by atoms with van der Waals surface area (Å²) in [6.07, 6.45) is -13.7. The van der Waals surface area contributed by atoms with Gasteiger partial charge in [0.25, 0.3) is 0 Å². The van der Waals surface area contributed by atoms with Crippen LogP contribution in [0.1, 0.15) is 13.3 Å². The standard InChI is InChI=1S/C16H9F21O2/c1-3-6(38)39-5(2)4-7(17,18)8(19,20)9(21,22)10(23,24)11(25,26)12(27,28)13(29,30)14(31,32)15(33,34)16(35,36)37/h3,5H,1,4H2,2H3. The number of alkyl halides is 21. The normalized spacial score (nSPS) is 16.7. The predicted octanol–water partition coefficient (Wildman–Crippen LogP) is 7.77. The van der Waals surface area contributed by atoms with Crippen molar-refractivity contribution in [2.75, 3.05) is 0 Å². The predicted molar refractivity (Wildman–Crippen MR) is 80.9 cm³/mol. The van der Waals surface area contributed by atoms with Crippen LogP contribution in [0, 0.1) is 0 Å². The second kappa shape index (κ2) is 9.68. The maximum Gasteiger partial charge on any atom is 0.460 e. The molecule has 0 fully saturated rings. The summed E-state index contributed by atoms with van der Waals surface area (Å²) in [5.41, 5.74) is 0. The van der Waals surface area contributed by atoms with Gasteiger partial charge < -0.3 is 4.74 Å². The Labute approximate surface area is 200 Å². The molecule has 2 nitrogen and oxygen atoms in total. The third kappa shape index (κ3) is 5.05. The molecular formula is C16H9F21O2. The lowest BCUT2D eigenvalue weighted by Gasteiger charge is -2.44. The molecule has 1 atom stereocenters. The van der Waals surface area contributed by atoms with Gasteiger partial charge in [0.15, 0.2) is 0 Å². The molecule has 0 amide bonds. The van der Waals surface area contributed by atoms with Crippen LogP contribution in [-0.4, -0.2) is 71.6 Å². The van der Waals surface area contributed by atoms with Crippen LogP contribution in [0.4, 0.5) is 92.2 Å². The van der Waals surface area contributed by atoms with Crippen molar-refractivity contribution >= 4 is 5.97 Å². The Kier molecular flexibility index (Phi) is 9.12. The van der Waals surface area contributed by atoms with Crippen molar-refractivity contribution < 1.29 is 102 Å². The van der Waals surface area contributed by atoms with Crippen molar-refractivity contribution in [1.82, 2.24) is 0 Å².